The number of amides is 2. The molecule has 12 heteroatoms. The number of methoxy groups -OCH3 is 1. The number of esters is 1. The first-order chi connectivity index (χ1) is 28.3. The number of aromatic nitrogens is 2. The Kier molecular flexibility index (Phi) is 12.1. The molecule has 0 spiro atoms. The summed E-state index contributed by atoms with van der Waals surface area (Å²) in [5.74, 6) is 0.396. The zero-order valence-corrected chi connectivity index (χ0v) is 36.5. The second kappa shape index (κ2) is 17.2. The van der Waals surface area contributed by atoms with Crippen LogP contribution in [-0.4, -0.2) is 103 Å². The molecular weight excluding hydrogens is 743 g/mol. The van der Waals surface area contributed by atoms with Crippen molar-refractivity contribution in [3.8, 4) is 11.3 Å². The van der Waals surface area contributed by atoms with E-state index < -0.39 is 17.5 Å². The highest BCUT2D eigenvalue weighted by Gasteiger charge is 2.42. The van der Waals surface area contributed by atoms with Crippen molar-refractivity contribution in [2.75, 3.05) is 58.4 Å². The number of nitrogens with one attached hydrogen (secondary N) is 2. The number of pyridine rings is 1. The summed E-state index contributed by atoms with van der Waals surface area (Å²) in [6, 6.07) is 8.14. The smallest absolute Gasteiger partial charge is 0.324 e. The lowest BCUT2D eigenvalue weighted by Crippen LogP contribution is -2.60. The van der Waals surface area contributed by atoms with Gasteiger partial charge in [0.15, 0.2) is 0 Å². The number of carbonyl (C=O) groups excluding carboxylic acids is 3. The van der Waals surface area contributed by atoms with E-state index in [1.165, 1.54) is 22.0 Å². The lowest BCUT2D eigenvalue weighted by molar-refractivity contribution is -0.155. The van der Waals surface area contributed by atoms with Crippen molar-refractivity contribution in [1.29, 1.82) is 0 Å². The Balaban J connectivity index is 1.23. The van der Waals surface area contributed by atoms with Crippen LogP contribution in [0, 0.1) is 23.2 Å². The number of aryl methyl sites for hydroxylation is 1. The molecule has 12 nitrogen and oxygen atoms in total. The predicted molar refractivity (Wildman–Crippen MR) is 231 cm³/mol. The quantitative estimate of drug-likeness (QED) is 0.254. The summed E-state index contributed by atoms with van der Waals surface area (Å²) in [4.78, 5) is 51.5. The average molecular weight is 810 g/mol. The summed E-state index contributed by atoms with van der Waals surface area (Å²) >= 11 is 0. The third kappa shape index (κ3) is 8.77. The van der Waals surface area contributed by atoms with E-state index in [4.69, 9.17) is 14.5 Å². The molecule has 7 atom stereocenters. The Morgan fingerprint density at radius 3 is 2.56 bits per heavy atom. The lowest BCUT2D eigenvalue weighted by atomic mass is 9.75. The number of fused-ring (bicyclic) bond motifs is 6. The molecule has 320 valence electrons. The molecule has 2 aliphatic carbocycles. The molecule has 6 bridgehead atoms. The van der Waals surface area contributed by atoms with E-state index >= 15 is 0 Å². The molecule has 1 aromatic carbocycles. The first-order valence-electron chi connectivity index (χ1n) is 22.5. The van der Waals surface area contributed by atoms with Gasteiger partial charge in [-0.05, 0) is 113 Å². The van der Waals surface area contributed by atoms with E-state index in [1.807, 2.05) is 6.20 Å². The third-order valence-corrected chi connectivity index (χ3v) is 14.2. The van der Waals surface area contributed by atoms with E-state index in [2.05, 4.69) is 91.0 Å². The minimum atomic E-state index is -0.645. The molecule has 5 heterocycles. The molecular formula is C47H67N7O5. The van der Waals surface area contributed by atoms with Gasteiger partial charge in [0.05, 0.1) is 36.0 Å². The number of anilines is 1. The first kappa shape index (κ1) is 41.7. The van der Waals surface area contributed by atoms with Crippen LogP contribution in [0.5, 0.6) is 0 Å². The summed E-state index contributed by atoms with van der Waals surface area (Å²) in [5.41, 5.74) is 10.8. The van der Waals surface area contributed by atoms with Gasteiger partial charge < -0.3 is 29.2 Å². The van der Waals surface area contributed by atoms with Crippen LogP contribution < -0.4 is 15.6 Å². The van der Waals surface area contributed by atoms with E-state index in [0.717, 1.165) is 87.5 Å². The highest BCUT2D eigenvalue weighted by Crippen LogP contribution is 2.45. The van der Waals surface area contributed by atoms with Crippen molar-refractivity contribution in [3.05, 3.63) is 47.3 Å². The Bertz CT molecular complexity index is 2040. The minimum Gasteiger partial charge on any atom is -0.464 e. The fraction of sp³-hybridized carbons (Fsp3) is 0.660. The van der Waals surface area contributed by atoms with Gasteiger partial charge in [0.1, 0.15) is 12.1 Å². The van der Waals surface area contributed by atoms with Crippen molar-refractivity contribution < 1.29 is 23.9 Å². The number of rotatable bonds is 7. The van der Waals surface area contributed by atoms with Crippen molar-refractivity contribution >= 4 is 34.4 Å². The van der Waals surface area contributed by atoms with Crippen LogP contribution in [0.4, 0.5) is 5.69 Å². The fourth-order valence-electron chi connectivity index (χ4n) is 10.4. The number of ether oxygens (including phenoxy) is 2. The number of carbonyl (C=O) groups is 3. The number of likely N-dealkylation sites (N-methyl/N-ethyl adjacent to an activating group) is 1. The standard InChI is InChI=1S/C47H67N7O5/c1-8-53-41-15-14-33-24-36(41)38(43(53)37-25-34(27-48-42(37)30(3)58-7)52-19-17-51(6)18-20-52)26-47(4,5)28-59-46(57)39-13-10-16-54(50-39)45(56)40(49-44(55)35-21-29(35)2)23-31-11-9-12-32(33)22-31/h14-15,24-25,27,29-32,35,39-40,50H,8-13,16-23,26,28H2,1-7H3,(H,49,55)/t29-,30-,31?,32+,35-,39-,40-/m0/s1. The van der Waals surface area contributed by atoms with Gasteiger partial charge in [-0.1, -0.05) is 39.7 Å². The van der Waals surface area contributed by atoms with E-state index in [1.54, 1.807) is 12.1 Å². The number of hydrazine groups is 1. The van der Waals surface area contributed by atoms with Crippen LogP contribution in [-0.2, 0) is 36.8 Å². The number of hydrogen-bond donors (Lipinski definition) is 2. The molecule has 2 aromatic heterocycles. The monoisotopic (exact) mass is 810 g/mol. The Labute approximate surface area is 350 Å². The van der Waals surface area contributed by atoms with Gasteiger partial charge in [0.25, 0.3) is 5.91 Å². The summed E-state index contributed by atoms with van der Waals surface area (Å²) in [6.07, 6.45) is 9.33. The van der Waals surface area contributed by atoms with Crippen molar-refractivity contribution in [3.63, 3.8) is 0 Å². The number of hydrogen-bond acceptors (Lipinski definition) is 9. The van der Waals surface area contributed by atoms with Crippen molar-refractivity contribution in [2.45, 2.75) is 123 Å². The number of piperazine rings is 1. The second-order valence-electron chi connectivity index (χ2n) is 19.3. The average Bonchev–Trinajstić information content (AvgIpc) is 3.91. The molecule has 4 fully saturated rings. The molecule has 3 aliphatic heterocycles. The molecule has 1 unspecified atom stereocenters. The van der Waals surface area contributed by atoms with Crippen LogP contribution in [0.1, 0.15) is 115 Å². The van der Waals surface area contributed by atoms with Crippen molar-refractivity contribution in [1.82, 2.24) is 30.2 Å². The molecule has 2 saturated heterocycles. The molecule has 5 aliphatic rings. The van der Waals surface area contributed by atoms with Crippen LogP contribution in [0.3, 0.4) is 0 Å². The maximum absolute atomic E-state index is 14.3. The highest BCUT2D eigenvalue weighted by atomic mass is 16.5. The zero-order valence-electron chi connectivity index (χ0n) is 36.5. The van der Waals surface area contributed by atoms with E-state index in [-0.39, 0.29) is 42.3 Å². The molecule has 59 heavy (non-hydrogen) atoms. The molecule has 2 saturated carbocycles. The summed E-state index contributed by atoms with van der Waals surface area (Å²) < 4.78 is 14.6. The van der Waals surface area contributed by atoms with Crippen LogP contribution in [0.15, 0.2) is 30.5 Å². The summed E-state index contributed by atoms with van der Waals surface area (Å²) in [7, 11) is 3.93. The molecule has 2 amide bonds. The molecule has 2 N–H and O–H groups in total. The minimum absolute atomic E-state index is 0.0258. The molecule has 0 radical (unpaired) electrons. The third-order valence-electron chi connectivity index (χ3n) is 14.2. The number of cyclic esters (lactones) is 1. The summed E-state index contributed by atoms with van der Waals surface area (Å²) in [5, 5.41) is 6.01. The van der Waals surface area contributed by atoms with Gasteiger partial charge in [-0.25, -0.2) is 5.43 Å². The van der Waals surface area contributed by atoms with Crippen LogP contribution in [0.25, 0.3) is 22.2 Å². The maximum Gasteiger partial charge on any atom is 0.324 e. The van der Waals surface area contributed by atoms with Gasteiger partial charge in [0, 0.05) is 74.2 Å². The van der Waals surface area contributed by atoms with E-state index in [9.17, 15) is 14.4 Å². The van der Waals surface area contributed by atoms with Gasteiger partial charge in [-0.2, -0.15) is 0 Å². The topological polar surface area (TPSA) is 121 Å². The molecule has 8 rings (SSSR count). The molecule has 3 aromatic rings. The van der Waals surface area contributed by atoms with E-state index in [0.29, 0.717) is 44.1 Å². The summed E-state index contributed by atoms with van der Waals surface area (Å²) in [6.45, 7) is 16.1. The Hall–Kier alpha value is -4.00. The number of benzene rings is 1. The van der Waals surface area contributed by atoms with Crippen LogP contribution >= 0.6 is 0 Å². The largest absolute Gasteiger partial charge is 0.464 e. The highest BCUT2D eigenvalue weighted by molar-refractivity contribution is 5.94. The van der Waals surface area contributed by atoms with Gasteiger partial charge >= 0.3 is 5.97 Å². The zero-order chi connectivity index (χ0) is 41.6. The fourth-order valence-corrected chi connectivity index (χ4v) is 10.4. The number of nitrogens with zero attached hydrogens (tertiary/aromatic N) is 5. The Morgan fingerprint density at radius 2 is 1.83 bits per heavy atom. The lowest BCUT2D eigenvalue weighted by Gasteiger charge is -2.37. The van der Waals surface area contributed by atoms with Gasteiger partial charge in [-0.15, -0.1) is 0 Å². The normalized spacial score (nSPS) is 28.5. The predicted octanol–water partition coefficient (Wildman–Crippen LogP) is 6.61. The van der Waals surface area contributed by atoms with Crippen LogP contribution in [0.2, 0.25) is 0 Å². The Morgan fingerprint density at radius 1 is 1.05 bits per heavy atom. The van der Waals surface area contributed by atoms with Gasteiger partial charge in [-0.3, -0.25) is 24.4 Å². The maximum atomic E-state index is 14.3. The van der Waals surface area contributed by atoms with Gasteiger partial charge in [0.2, 0.25) is 5.91 Å². The second-order valence-corrected chi connectivity index (χ2v) is 19.3. The van der Waals surface area contributed by atoms with Crippen molar-refractivity contribution in [2.24, 2.45) is 23.2 Å². The SMILES string of the molecule is CCn1c(-c2cc(N3CCN(C)CC3)cnc2[C@H](C)OC)c2c3cc(ccc31)[C@@H]1CCCC(C1)C[C@H](NC(=O)[C@H]1C[C@@H]1C)C(=O)N1CCC[C@H](N1)C(=O)OCC(C)(C)C2. The first-order valence-corrected chi connectivity index (χ1v) is 22.5.